The molecule has 1 aromatic rings. The van der Waals surface area contributed by atoms with Gasteiger partial charge in [0.15, 0.2) is 18.2 Å². The molecule has 1 aromatic heterocycles. The topological polar surface area (TPSA) is 44.0 Å². The second-order valence-electron chi connectivity index (χ2n) is 2.74. The Hall–Kier alpha value is -1.38. The Balaban J connectivity index is 3.08. The monoisotopic (exact) mass is 165 g/mol. The van der Waals surface area contributed by atoms with Crippen molar-refractivity contribution in [3.05, 3.63) is 34.8 Å². The quantitative estimate of drug-likeness (QED) is 0.375. The maximum Gasteiger partial charge on any atom is 0.191 e. The van der Waals surface area contributed by atoms with Gasteiger partial charge in [-0.15, -0.1) is 0 Å². The third kappa shape index (κ3) is 1.81. The van der Waals surface area contributed by atoms with Crippen LogP contribution >= 0.6 is 0 Å². The van der Waals surface area contributed by atoms with Gasteiger partial charge in [-0.25, -0.2) is 0 Å². The maximum absolute atomic E-state index is 11.2. The molecule has 64 valence electrons. The van der Waals surface area contributed by atoms with Gasteiger partial charge in [0.25, 0.3) is 0 Å². The van der Waals surface area contributed by atoms with Crippen LogP contribution in [0.3, 0.4) is 0 Å². The molecule has 0 aliphatic carbocycles. The fourth-order valence-electron chi connectivity index (χ4n) is 1.05. The Labute approximate surface area is 71.2 Å². The lowest BCUT2D eigenvalue weighted by atomic mass is 10.1. The molecule has 0 bridgehead atoms. The van der Waals surface area contributed by atoms with Crippen LogP contribution in [0.2, 0.25) is 0 Å². The Kier molecular flexibility index (Phi) is 2.43. The number of rotatable bonds is 2. The number of nitrogens with zero attached hydrogens (tertiary/aromatic N) is 1. The summed E-state index contributed by atoms with van der Waals surface area (Å²) in [5, 5.41) is 10.9. The number of carbonyl (C=O) groups excluding carboxylic acids is 1. The molecule has 0 saturated heterocycles. The van der Waals surface area contributed by atoms with Crippen LogP contribution in [0.4, 0.5) is 0 Å². The lowest BCUT2D eigenvalue weighted by Gasteiger charge is -2.00. The molecule has 0 spiro atoms. The van der Waals surface area contributed by atoms with E-state index >= 15 is 0 Å². The van der Waals surface area contributed by atoms with Crippen molar-refractivity contribution in [2.24, 2.45) is 0 Å². The number of hydrogen-bond donors (Lipinski definition) is 0. The van der Waals surface area contributed by atoms with E-state index in [0.717, 1.165) is 5.56 Å². The van der Waals surface area contributed by atoms with Crippen LogP contribution in [0.1, 0.15) is 29.3 Å². The molecule has 0 saturated carbocycles. The molecule has 1 heterocycles. The first-order chi connectivity index (χ1) is 5.63. The van der Waals surface area contributed by atoms with Gasteiger partial charge in [0.1, 0.15) is 0 Å². The van der Waals surface area contributed by atoms with Crippen LogP contribution in [0.15, 0.2) is 18.5 Å². The van der Waals surface area contributed by atoms with E-state index in [1.165, 1.54) is 12.4 Å². The van der Waals surface area contributed by atoms with Gasteiger partial charge < -0.3 is 5.21 Å². The highest BCUT2D eigenvalue weighted by Crippen LogP contribution is 2.02. The van der Waals surface area contributed by atoms with Crippen LogP contribution < -0.4 is 4.73 Å². The van der Waals surface area contributed by atoms with E-state index in [2.05, 4.69) is 0 Å². The highest BCUT2D eigenvalue weighted by atomic mass is 16.5. The molecule has 0 fully saturated rings. The molecule has 3 nitrogen and oxygen atoms in total. The standard InChI is InChI=1S/C9H11NO2/c1-3-9(11)8-4-7(2)5-10(12)6-8/h4-6H,3H2,1-2H3. The van der Waals surface area contributed by atoms with Gasteiger partial charge in [-0.3, -0.25) is 4.79 Å². The minimum absolute atomic E-state index is 0.00306. The van der Waals surface area contributed by atoms with Crippen LogP contribution in [-0.4, -0.2) is 5.78 Å². The number of hydrogen-bond acceptors (Lipinski definition) is 2. The normalized spacial score (nSPS) is 9.83. The molecule has 0 atom stereocenters. The van der Waals surface area contributed by atoms with E-state index in [0.29, 0.717) is 16.7 Å². The van der Waals surface area contributed by atoms with E-state index in [-0.39, 0.29) is 5.78 Å². The van der Waals surface area contributed by atoms with Gasteiger partial charge in [0, 0.05) is 12.0 Å². The summed E-state index contributed by atoms with van der Waals surface area (Å²) in [6.45, 7) is 3.57. The molecule has 12 heavy (non-hydrogen) atoms. The first kappa shape index (κ1) is 8.71. The molecule has 0 amide bonds. The molecule has 3 heteroatoms. The third-order valence-corrected chi connectivity index (χ3v) is 1.62. The van der Waals surface area contributed by atoms with Gasteiger partial charge in [-0.1, -0.05) is 6.92 Å². The van der Waals surface area contributed by atoms with Gasteiger partial charge in [0.2, 0.25) is 0 Å². The van der Waals surface area contributed by atoms with Gasteiger partial charge in [0.05, 0.1) is 5.56 Å². The molecule has 0 aliphatic heterocycles. The first-order valence-corrected chi connectivity index (χ1v) is 3.87. The van der Waals surface area contributed by atoms with Crippen molar-refractivity contribution >= 4 is 5.78 Å². The molecular formula is C9H11NO2. The second kappa shape index (κ2) is 3.34. The fraction of sp³-hybridized carbons (Fsp3) is 0.333. The van der Waals surface area contributed by atoms with Crippen molar-refractivity contribution in [2.75, 3.05) is 0 Å². The number of Topliss-reactive ketones (excluding diaryl/α,β-unsaturated/α-hetero) is 1. The summed E-state index contributed by atoms with van der Waals surface area (Å²) in [5.41, 5.74) is 1.30. The predicted octanol–water partition coefficient (Wildman–Crippen LogP) is 1.22. The minimum atomic E-state index is 0.00306. The highest BCUT2D eigenvalue weighted by Gasteiger charge is 2.07. The summed E-state index contributed by atoms with van der Waals surface area (Å²) >= 11 is 0. The summed E-state index contributed by atoms with van der Waals surface area (Å²) in [4.78, 5) is 11.2. The van der Waals surface area contributed by atoms with Gasteiger partial charge >= 0.3 is 0 Å². The molecule has 0 aliphatic rings. The van der Waals surface area contributed by atoms with E-state index in [4.69, 9.17) is 0 Å². The number of pyridine rings is 1. The highest BCUT2D eigenvalue weighted by molar-refractivity contribution is 5.95. The van der Waals surface area contributed by atoms with Crippen molar-refractivity contribution in [3.8, 4) is 0 Å². The number of aromatic nitrogens is 1. The van der Waals surface area contributed by atoms with Crippen molar-refractivity contribution in [1.82, 2.24) is 0 Å². The lowest BCUT2D eigenvalue weighted by molar-refractivity contribution is -0.605. The largest absolute Gasteiger partial charge is 0.619 e. The van der Waals surface area contributed by atoms with E-state index < -0.39 is 0 Å². The molecule has 0 N–H and O–H groups in total. The average molecular weight is 165 g/mol. The number of carbonyl (C=O) groups is 1. The van der Waals surface area contributed by atoms with Crippen LogP contribution in [0.25, 0.3) is 0 Å². The molecule has 0 radical (unpaired) electrons. The summed E-state index contributed by atoms with van der Waals surface area (Å²) < 4.78 is 0.665. The van der Waals surface area contributed by atoms with Gasteiger partial charge in [-0.05, 0) is 13.0 Å². The molecular weight excluding hydrogens is 154 g/mol. The molecule has 0 unspecified atom stereocenters. The number of ketones is 1. The zero-order valence-corrected chi connectivity index (χ0v) is 7.20. The van der Waals surface area contributed by atoms with Gasteiger partial charge in [-0.2, -0.15) is 4.73 Å². The smallest absolute Gasteiger partial charge is 0.191 e. The SMILES string of the molecule is CCC(=O)c1cc(C)c[n+]([O-])c1. The van der Waals surface area contributed by atoms with E-state index in [9.17, 15) is 10.0 Å². The second-order valence-corrected chi connectivity index (χ2v) is 2.74. The first-order valence-electron chi connectivity index (χ1n) is 3.87. The third-order valence-electron chi connectivity index (χ3n) is 1.62. The Bertz CT molecular complexity index is 287. The summed E-state index contributed by atoms with van der Waals surface area (Å²) in [7, 11) is 0. The van der Waals surface area contributed by atoms with Crippen LogP contribution in [-0.2, 0) is 0 Å². The summed E-state index contributed by atoms with van der Waals surface area (Å²) in [5.74, 6) is 0.00306. The minimum Gasteiger partial charge on any atom is -0.619 e. The fourth-order valence-corrected chi connectivity index (χ4v) is 1.05. The summed E-state index contributed by atoms with van der Waals surface area (Å²) in [6, 6.07) is 1.72. The van der Waals surface area contributed by atoms with Crippen molar-refractivity contribution in [1.29, 1.82) is 0 Å². The van der Waals surface area contributed by atoms with Crippen molar-refractivity contribution in [2.45, 2.75) is 20.3 Å². The maximum atomic E-state index is 11.2. The van der Waals surface area contributed by atoms with Crippen LogP contribution in [0, 0.1) is 12.1 Å². The lowest BCUT2D eigenvalue weighted by Crippen LogP contribution is -2.26. The molecule has 0 aromatic carbocycles. The average Bonchev–Trinajstić information content (AvgIpc) is 2.01. The zero-order chi connectivity index (χ0) is 9.14. The Morgan fingerprint density at radius 1 is 1.58 bits per heavy atom. The van der Waals surface area contributed by atoms with Crippen LogP contribution in [0.5, 0.6) is 0 Å². The zero-order valence-electron chi connectivity index (χ0n) is 7.20. The number of aryl methyl sites for hydroxylation is 1. The Morgan fingerprint density at radius 3 is 2.75 bits per heavy atom. The summed E-state index contributed by atoms with van der Waals surface area (Å²) in [6.07, 6.45) is 3.18. The Morgan fingerprint density at radius 2 is 2.25 bits per heavy atom. The van der Waals surface area contributed by atoms with E-state index in [1.807, 2.05) is 0 Å². The molecule has 1 rings (SSSR count). The van der Waals surface area contributed by atoms with Crippen molar-refractivity contribution < 1.29 is 9.52 Å². The van der Waals surface area contributed by atoms with Crippen molar-refractivity contribution in [3.63, 3.8) is 0 Å². The van der Waals surface area contributed by atoms with E-state index in [1.54, 1.807) is 19.9 Å². The predicted molar refractivity (Wildman–Crippen MR) is 44.8 cm³/mol.